The van der Waals surface area contributed by atoms with E-state index < -0.39 is 97.5 Å². The number of hydrogen-bond acceptors (Lipinski definition) is 17. The zero-order valence-electron chi connectivity index (χ0n) is 31.8. The van der Waals surface area contributed by atoms with Gasteiger partial charge in [0.25, 0.3) is 17.7 Å². The monoisotopic (exact) mass is 764 g/mol. The average Bonchev–Trinajstić information content (AvgIpc) is 3.47. The number of carbonyl (C=O) groups is 3. The Balaban J connectivity index is 1.74. The van der Waals surface area contributed by atoms with E-state index >= 15 is 4.39 Å². The molecule has 2 aromatic rings. The number of nitrogens with one attached hydrogen (secondary N) is 2. The molecule has 0 bridgehead atoms. The van der Waals surface area contributed by atoms with Crippen LogP contribution >= 0.6 is 0 Å². The fourth-order valence-electron chi connectivity index (χ4n) is 7.89. The van der Waals surface area contributed by atoms with E-state index in [-0.39, 0.29) is 29.4 Å². The third-order valence-electron chi connectivity index (χ3n) is 11.4. The van der Waals surface area contributed by atoms with Crippen molar-refractivity contribution in [2.75, 3.05) is 12.4 Å². The molecular formula is C26H38B9FN4O15. The lowest BCUT2D eigenvalue weighted by Gasteiger charge is -2.61. The van der Waals surface area contributed by atoms with Crippen molar-refractivity contribution in [1.29, 1.82) is 0 Å². The van der Waals surface area contributed by atoms with Crippen LogP contribution in [0.25, 0.3) is 0 Å². The van der Waals surface area contributed by atoms with E-state index in [0.717, 1.165) is 52.0 Å². The molecule has 286 valence electrons. The Labute approximate surface area is 321 Å². The number of aldehydes is 1. The van der Waals surface area contributed by atoms with Crippen LogP contribution < -0.4 is 32.5 Å². The normalized spacial score (nSPS) is 32.5. The Morgan fingerprint density at radius 2 is 1.49 bits per heavy atom. The van der Waals surface area contributed by atoms with Gasteiger partial charge in [0.15, 0.2) is 67.7 Å². The Hall–Kier alpha value is -3.48. The largest absolute Gasteiger partial charge is 0.505 e. The molecular weight excluding hydrogens is 725 g/mol. The third-order valence-corrected chi connectivity index (χ3v) is 11.4. The SMILES string of the molecule is Bc1c(B)c(NC(O)(O)c2c(O)c(O)c(B)c(C3(O)OOC4(B)N3C(B)(O)C(B)(O)OC4(B)O)c2F)c2c(c1B)C(=O)N(C(CCC=O)C(=O)NC)C2(B)O. The lowest BCUT2D eigenvalue weighted by Crippen LogP contribution is -2.86. The molecule has 29 heteroatoms. The number of nitrogens with zero attached hydrogens (tertiary/aromatic N) is 2. The summed E-state index contributed by atoms with van der Waals surface area (Å²) < 4.78 is 22.4. The van der Waals surface area contributed by atoms with Crippen molar-refractivity contribution >= 4 is 116 Å². The molecule has 3 aliphatic rings. The number of fused-ring (bicyclic) bond motifs is 2. The lowest BCUT2D eigenvalue weighted by molar-refractivity contribution is -0.433. The summed E-state index contributed by atoms with van der Waals surface area (Å²) in [5, 5.41) is 108. The van der Waals surface area contributed by atoms with Crippen LogP contribution in [0.15, 0.2) is 0 Å². The molecule has 0 saturated carbocycles. The van der Waals surface area contributed by atoms with Crippen molar-refractivity contribution in [1.82, 2.24) is 15.1 Å². The zero-order chi connectivity index (χ0) is 42.0. The number of amides is 2. The van der Waals surface area contributed by atoms with Crippen molar-refractivity contribution in [3.05, 3.63) is 28.1 Å². The molecule has 0 aromatic heterocycles. The number of phenolic OH excluding ortho intramolecular Hbond substituents is 2. The molecule has 19 nitrogen and oxygen atoms in total. The molecule has 2 amide bonds. The third kappa shape index (κ3) is 5.70. The van der Waals surface area contributed by atoms with E-state index in [2.05, 4.69) is 10.6 Å². The number of anilines is 1. The summed E-state index contributed by atoms with van der Waals surface area (Å²) in [7, 11) is 11.7. The second kappa shape index (κ2) is 13.0. The first-order valence-corrected chi connectivity index (χ1v) is 17.1. The van der Waals surface area contributed by atoms with Crippen LogP contribution in [0, 0.1) is 5.82 Å². The number of halogens is 1. The number of benzene rings is 2. The highest BCUT2D eigenvalue weighted by Gasteiger charge is 2.77. The number of phenols is 2. The van der Waals surface area contributed by atoms with Gasteiger partial charge in [0.05, 0.1) is 5.56 Å². The van der Waals surface area contributed by atoms with Crippen LogP contribution in [0.5, 0.6) is 11.5 Å². The number of aromatic hydroxyl groups is 2. The minimum absolute atomic E-state index is 0.162. The van der Waals surface area contributed by atoms with Gasteiger partial charge >= 0.3 is 0 Å². The highest BCUT2D eigenvalue weighted by Crippen LogP contribution is 2.55. The van der Waals surface area contributed by atoms with Gasteiger partial charge in [-0.15, -0.1) is 0 Å². The van der Waals surface area contributed by atoms with E-state index in [9.17, 15) is 60.3 Å². The fraction of sp³-hybridized carbons (Fsp3) is 0.423. The Morgan fingerprint density at radius 3 is 2.04 bits per heavy atom. The van der Waals surface area contributed by atoms with Gasteiger partial charge in [-0.25, -0.2) is 9.28 Å². The molecule has 0 spiro atoms. The predicted molar refractivity (Wildman–Crippen MR) is 211 cm³/mol. The molecule has 0 aliphatic carbocycles. The minimum atomic E-state index is -3.83. The molecule has 2 aromatic carbocycles. The van der Waals surface area contributed by atoms with E-state index in [1.165, 1.54) is 22.7 Å². The molecule has 7 unspecified atom stereocenters. The molecule has 3 aliphatic heterocycles. The summed E-state index contributed by atoms with van der Waals surface area (Å²) in [4.78, 5) is 50.0. The van der Waals surface area contributed by atoms with Crippen LogP contribution in [0.4, 0.5) is 10.1 Å². The number of ether oxygens (including phenoxy) is 1. The van der Waals surface area contributed by atoms with Crippen molar-refractivity contribution in [3.8, 4) is 11.5 Å². The predicted octanol–water partition coefficient (Wildman–Crippen LogP) is -15.7. The zero-order valence-corrected chi connectivity index (χ0v) is 31.8. The maximum atomic E-state index is 17.2. The molecule has 7 atom stereocenters. The van der Waals surface area contributed by atoms with Gasteiger partial charge < -0.3 is 71.0 Å². The van der Waals surface area contributed by atoms with E-state index in [0.29, 0.717) is 22.1 Å². The van der Waals surface area contributed by atoms with Crippen LogP contribution in [0.1, 0.15) is 39.9 Å². The summed E-state index contributed by atoms with van der Waals surface area (Å²) in [5.41, 5.74) is -16.7. The number of morpholine rings is 1. The summed E-state index contributed by atoms with van der Waals surface area (Å²) >= 11 is 0. The standard InChI is InChI=1S/C26H38B9FN4O15/c1-37-18(44)5(3-2-4-41)39-19(45)6-7(20(39,31)46)15(13(30)12(29)10(6)27)38-21(47,48)9-14(36)8(11(28)17(43)16(9)42)22(49)40-23(32,50)25(34,51)53-26(35,52)24(40,33)55-54-22/h4-5,38,42-43,46-52H,2-3,27-35H2,1H3,(H,37,44). The Kier molecular flexibility index (Phi) is 10.1. The average molecular weight is 763 g/mol. The molecule has 11 N–H and O–H groups in total. The second-order valence-electron chi connectivity index (χ2n) is 14.9. The van der Waals surface area contributed by atoms with E-state index in [1.807, 2.05) is 0 Å². The Bertz CT molecular complexity index is 2030. The molecule has 5 rings (SSSR count). The maximum Gasteiger partial charge on any atom is 0.291 e. The van der Waals surface area contributed by atoms with Gasteiger partial charge in [-0.3, -0.25) is 9.59 Å². The summed E-state index contributed by atoms with van der Waals surface area (Å²) in [6, 6.07) is -1.40. The number of hydrogen-bond donors (Lipinski definition) is 11. The first kappa shape index (κ1) is 42.7. The first-order chi connectivity index (χ1) is 25.0. The van der Waals surface area contributed by atoms with E-state index in [4.69, 9.17) is 14.5 Å². The number of aliphatic hydroxyl groups is 7. The minimum Gasteiger partial charge on any atom is -0.505 e. The van der Waals surface area contributed by atoms with Crippen molar-refractivity contribution in [2.45, 2.75) is 59.0 Å². The van der Waals surface area contributed by atoms with Gasteiger partial charge in [0.1, 0.15) is 66.3 Å². The first-order valence-electron chi connectivity index (χ1n) is 17.1. The highest BCUT2D eigenvalue weighted by molar-refractivity contribution is 6.60. The van der Waals surface area contributed by atoms with Crippen LogP contribution in [-0.4, -0.2) is 180 Å². The summed E-state index contributed by atoms with van der Waals surface area (Å²) in [5.74, 6) is -13.5. The van der Waals surface area contributed by atoms with Crippen LogP contribution in [0.3, 0.4) is 0 Å². The van der Waals surface area contributed by atoms with E-state index in [1.54, 1.807) is 7.85 Å². The smallest absolute Gasteiger partial charge is 0.291 e. The Morgan fingerprint density at radius 1 is 0.909 bits per heavy atom. The van der Waals surface area contributed by atoms with Gasteiger partial charge in [-0.1, -0.05) is 16.4 Å². The number of carbonyl (C=O) groups excluding carboxylic acids is 3. The fourth-order valence-corrected chi connectivity index (χ4v) is 7.89. The van der Waals surface area contributed by atoms with Crippen LogP contribution in [-0.2, 0) is 41.5 Å². The lowest BCUT2D eigenvalue weighted by atomic mass is 9.60. The van der Waals surface area contributed by atoms with Gasteiger partial charge in [-0.05, 0) is 11.9 Å². The van der Waals surface area contributed by atoms with Crippen molar-refractivity contribution in [2.24, 2.45) is 0 Å². The van der Waals surface area contributed by atoms with Crippen LogP contribution in [0.2, 0.25) is 0 Å². The van der Waals surface area contributed by atoms with Gasteiger partial charge in [-0.2, -0.15) is 9.79 Å². The summed E-state index contributed by atoms with van der Waals surface area (Å²) in [6.45, 7) is 0. The highest BCUT2D eigenvalue weighted by atomic mass is 19.1. The number of rotatable bonds is 9. The van der Waals surface area contributed by atoms with Crippen molar-refractivity contribution in [3.63, 3.8) is 0 Å². The number of likely N-dealkylation sites (N-methyl/N-ethyl adjacent to an activating group) is 1. The topological polar surface area (TPSA) is 292 Å². The quantitative estimate of drug-likeness (QED) is 0.0372. The van der Waals surface area contributed by atoms with Gasteiger partial charge in [0, 0.05) is 30.3 Å². The second-order valence-corrected chi connectivity index (χ2v) is 14.9. The maximum absolute atomic E-state index is 17.2. The summed E-state index contributed by atoms with van der Waals surface area (Å²) in [6.07, 6.45) is 0.134. The van der Waals surface area contributed by atoms with Gasteiger partial charge in [0.2, 0.25) is 5.91 Å². The molecule has 0 radical (unpaired) electrons. The molecule has 55 heavy (non-hydrogen) atoms. The molecule has 2 saturated heterocycles. The molecule has 3 heterocycles. The molecule has 2 fully saturated rings. The van der Waals surface area contributed by atoms with Crippen molar-refractivity contribution < 1.29 is 79.2 Å².